The third kappa shape index (κ3) is 2.18. The zero-order chi connectivity index (χ0) is 13.2. The number of nitrogens with zero attached hydrogens (tertiary/aromatic N) is 3. The fraction of sp³-hybridized carbons (Fsp3) is 0.286. The van der Waals surface area contributed by atoms with Gasteiger partial charge in [-0.15, -0.1) is 0 Å². The molecule has 1 aliphatic rings. The van der Waals surface area contributed by atoms with Crippen molar-refractivity contribution in [1.29, 1.82) is 5.26 Å². The Hall–Kier alpha value is -2.32. The molecule has 1 N–H and O–H groups in total. The monoisotopic (exact) mass is 255 g/mol. The molecule has 96 valence electrons. The number of morpholine rings is 1. The normalized spacial score (nSPS) is 19.3. The molecule has 1 aliphatic heterocycles. The molecule has 1 aromatic carbocycles. The minimum Gasteiger partial charge on any atom is -0.508 e. The largest absolute Gasteiger partial charge is 0.508 e. The van der Waals surface area contributed by atoms with E-state index in [4.69, 9.17) is 10.00 Å². The Morgan fingerprint density at radius 3 is 3.16 bits per heavy atom. The minimum absolute atomic E-state index is 0.215. The smallest absolute Gasteiger partial charge is 0.161 e. The van der Waals surface area contributed by atoms with Crippen LogP contribution in [0.25, 0.3) is 10.8 Å². The van der Waals surface area contributed by atoms with Crippen LogP contribution < -0.4 is 4.90 Å². The second kappa shape index (κ2) is 4.75. The van der Waals surface area contributed by atoms with E-state index in [9.17, 15) is 5.11 Å². The SMILES string of the molecule is N#CC1CN(c2nccc3ccc(O)cc23)CCO1. The summed E-state index contributed by atoms with van der Waals surface area (Å²) in [5, 5.41) is 20.5. The van der Waals surface area contributed by atoms with E-state index < -0.39 is 6.10 Å². The second-order valence-corrected chi connectivity index (χ2v) is 4.47. The highest BCUT2D eigenvalue weighted by molar-refractivity contribution is 5.93. The van der Waals surface area contributed by atoms with Crippen molar-refractivity contribution in [2.45, 2.75) is 6.10 Å². The summed E-state index contributed by atoms with van der Waals surface area (Å²) in [7, 11) is 0. The molecule has 5 nitrogen and oxygen atoms in total. The fourth-order valence-electron chi connectivity index (χ4n) is 2.31. The van der Waals surface area contributed by atoms with Gasteiger partial charge in [-0.1, -0.05) is 6.07 Å². The number of benzene rings is 1. The average Bonchev–Trinajstić information content (AvgIpc) is 2.46. The number of phenols is 1. The van der Waals surface area contributed by atoms with Gasteiger partial charge in [-0.05, 0) is 23.6 Å². The van der Waals surface area contributed by atoms with Crippen LogP contribution in [0.2, 0.25) is 0 Å². The fourth-order valence-corrected chi connectivity index (χ4v) is 2.31. The van der Waals surface area contributed by atoms with Crippen molar-refractivity contribution in [2.75, 3.05) is 24.6 Å². The summed E-state index contributed by atoms with van der Waals surface area (Å²) in [6.07, 6.45) is 1.31. The Labute approximate surface area is 110 Å². The number of nitriles is 1. The van der Waals surface area contributed by atoms with Crippen LogP contribution >= 0.6 is 0 Å². The zero-order valence-corrected chi connectivity index (χ0v) is 10.3. The Morgan fingerprint density at radius 2 is 2.32 bits per heavy atom. The van der Waals surface area contributed by atoms with Gasteiger partial charge >= 0.3 is 0 Å². The molecule has 1 atom stereocenters. The van der Waals surface area contributed by atoms with E-state index in [0.717, 1.165) is 16.6 Å². The van der Waals surface area contributed by atoms with Gasteiger partial charge in [0.15, 0.2) is 6.10 Å². The summed E-state index contributed by atoms with van der Waals surface area (Å²) in [5.41, 5.74) is 0. The topological polar surface area (TPSA) is 69.4 Å². The van der Waals surface area contributed by atoms with Gasteiger partial charge in [-0.25, -0.2) is 4.98 Å². The summed E-state index contributed by atoms with van der Waals surface area (Å²) in [6.45, 7) is 1.70. The molecule has 1 fully saturated rings. The van der Waals surface area contributed by atoms with Crippen molar-refractivity contribution in [1.82, 2.24) is 4.98 Å². The predicted molar refractivity (Wildman–Crippen MR) is 71.0 cm³/mol. The zero-order valence-electron chi connectivity index (χ0n) is 10.3. The van der Waals surface area contributed by atoms with E-state index in [1.165, 1.54) is 0 Å². The van der Waals surface area contributed by atoms with Crippen LogP contribution in [0.1, 0.15) is 0 Å². The molecular formula is C14H13N3O2. The first kappa shape index (κ1) is 11.8. The van der Waals surface area contributed by atoms with Crippen molar-refractivity contribution in [2.24, 2.45) is 0 Å². The number of aromatic hydroxyl groups is 1. The minimum atomic E-state index is -0.428. The second-order valence-electron chi connectivity index (χ2n) is 4.47. The van der Waals surface area contributed by atoms with Crippen molar-refractivity contribution < 1.29 is 9.84 Å². The number of hydrogen-bond donors (Lipinski definition) is 1. The molecule has 0 spiro atoms. The van der Waals surface area contributed by atoms with E-state index in [0.29, 0.717) is 19.7 Å². The quantitative estimate of drug-likeness (QED) is 0.839. The van der Waals surface area contributed by atoms with E-state index in [1.54, 1.807) is 18.3 Å². The molecule has 0 amide bonds. The van der Waals surface area contributed by atoms with Gasteiger partial charge < -0.3 is 14.7 Å². The molecule has 0 radical (unpaired) electrons. The number of aromatic nitrogens is 1. The molecule has 0 aliphatic carbocycles. The first-order chi connectivity index (χ1) is 9.28. The van der Waals surface area contributed by atoms with Crippen LogP contribution in [0.15, 0.2) is 30.5 Å². The number of pyridine rings is 1. The van der Waals surface area contributed by atoms with E-state index in [1.807, 2.05) is 17.0 Å². The van der Waals surface area contributed by atoms with Gasteiger partial charge in [0, 0.05) is 18.1 Å². The third-order valence-electron chi connectivity index (χ3n) is 3.24. The maximum atomic E-state index is 9.63. The van der Waals surface area contributed by atoms with Gasteiger partial charge in [-0.3, -0.25) is 0 Å². The molecule has 1 unspecified atom stereocenters. The van der Waals surface area contributed by atoms with Crippen LogP contribution in [-0.4, -0.2) is 35.9 Å². The Bertz CT molecular complexity index is 651. The van der Waals surface area contributed by atoms with Gasteiger partial charge in [0.05, 0.1) is 19.2 Å². The van der Waals surface area contributed by atoms with E-state index >= 15 is 0 Å². The highest BCUT2D eigenvalue weighted by Gasteiger charge is 2.22. The molecule has 0 saturated carbocycles. The summed E-state index contributed by atoms with van der Waals surface area (Å²) in [5.74, 6) is 1.00. The lowest BCUT2D eigenvalue weighted by molar-refractivity contribution is 0.0762. The molecule has 1 aromatic heterocycles. The van der Waals surface area contributed by atoms with Crippen LogP contribution in [0.3, 0.4) is 0 Å². The highest BCUT2D eigenvalue weighted by atomic mass is 16.5. The number of fused-ring (bicyclic) bond motifs is 1. The summed E-state index contributed by atoms with van der Waals surface area (Å²) < 4.78 is 5.33. The van der Waals surface area contributed by atoms with Gasteiger partial charge in [0.2, 0.25) is 0 Å². The maximum Gasteiger partial charge on any atom is 0.161 e. The Balaban J connectivity index is 2.05. The van der Waals surface area contributed by atoms with Crippen LogP contribution in [0, 0.1) is 11.3 Å². The molecule has 0 bridgehead atoms. The number of anilines is 1. The molecule has 19 heavy (non-hydrogen) atoms. The Kier molecular flexibility index (Phi) is 2.94. The molecule has 3 rings (SSSR count). The molecule has 2 aromatic rings. The lowest BCUT2D eigenvalue weighted by Crippen LogP contribution is -2.42. The molecule has 2 heterocycles. The molecular weight excluding hydrogens is 242 g/mol. The van der Waals surface area contributed by atoms with Crippen LogP contribution in [0.4, 0.5) is 5.82 Å². The Morgan fingerprint density at radius 1 is 1.42 bits per heavy atom. The summed E-state index contributed by atoms with van der Waals surface area (Å²) >= 11 is 0. The number of ether oxygens (including phenoxy) is 1. The lowest BCUT2D eigenvalue weighted by Gasteiger charge is -2.31. The van der Waals surface area contributed by atoms with Crippen LogP contribution in [0.5, 0.6) is 5.75 Å². The van der Waals surface area contributed by atoms with E-state index in [-0.39, 0.29) is 5.75 Å². The lowest BCUT2D eigenvalue weighted by atomic mass is 10.1. The molecule has 5 heteroatoms. The maximum absolute atomic E-state index is 9.63. The highest BCUT2D eigenvalue weighted by Crippen LogP contribution is 2.28. The summed E-state index contributed by atoms with van der Waals surface area (Å²) in [6, 6.07) is 9.24. The van der Waals surface area contributed by atoms with Gasteiger partial charge in [-0.2, -0.15) is 5.26 Å². The van der Waals surface area contributed by atoms with Gasteiger partial charge in [0.25, 0.3) is 0 Å². The van der Waals surface area contributed by atoms with Gasteiger partial charge in [0.1, 0.15) is 11.6 Å². The number of hydrogen-bond acceptors (Lipinski definition) is 5. The van der Waals surface area contributed by atoms with Crippen molar-refractivity contribution in [3.63, 3.8) is 0 Å². The standard InChI is InChI=1S/C14H13N3O2/c15-8-12-9-17(5-6-19-12)14-13-7-11(18)2-1-10(13)3-4-16-14/h1-4,7,12,18H,5-6,9H2. The first-order valence-corrected chi connectivity index (χ1v) is 6.12. The summed E-state index contributed by atoms with van der Waals surface area (Å²) in [4.78, 5) is 6.42. The first-order valence-electron chi connectivity index (χ1n) is 6.12. The number of rotatable bonds is 1. The van der Waals surface area contributed by atoms with E-state index in [2.05, 4.69) is 11.1 Å². The van der Waals surface area contributed by atoms with Crippen molar-refractivity contribution in [3.8, 4) is 11.8 Å². The average molecular weight is 255 g/mol. The predicted octanol–water partition coefficient (Wildman–Crippen LogP) is 1.67. The van der Waals surface area contributed by atoms with Crippen molar-refractivity contribution in [3.05, 3.63) is 30.5 Å². The molecule has 1 saturated heterocycles. The van der Waals surface area contributed by atoms with Crippen molar-refractivity contribution >= 4 is 16.6 Å². The van der Waals surface area contributed by atoms with Crippen LogP contribution in [-0.2, 0) is 4.74 Å². The third-order valence-corrected chi connectivity index (χ3v) is 3.24. The number of phenolic OH excluding ortho intramolecular Hbond substituents is 1.